The first-order valence-corrected chi connectivity index (χ1v) is 6.05. The van der Waals surface area contributed by atoms with Crippen LogP contribution in [0.25, 0.3) is 0 Å². The summed E-state index contributed by atoms with van der Waals surface area (Å²) < 4.78 is 0. The Bertz CT molecular complexity index is 440. The van der Waals surface area contributed by atoms with Crippen LogP contribution in [0, 0.1) is 6.92 Å². The summed E-state index contributed by atoms with van der Waals surface area (Å²) in [5, 5.41) is 0. The molecule has 1 heterocycles. The van der Waals surface area contributed by atoms with Gasteiger partial charge in [0.15, 0.2) is 5.78 Å². The van der Waals surface area contributed by atoms with Crippen molar-refractivity contribution in [2.75, 3.05) is 13.1 Å². The van der Waals surface area contributed by atoms with Crippen molar-refractivity contribution in [3.05, 3.63) is 35.4 Å². The smallest absolute Gasteiger partial charge is 0.222 e. The van der Waals surface area contributed by atoms with Crippen molar-refractivity contribution in [3.63, 3.8) is 0 Å². The van der Waals surface area contributed by atoms with E-state index in [9.17, 15) is 9.59 Å². The summed E-state index contributed by atoms with van der Waals surface area (Å²) in [4.78, 5) is 25.4. The molecule has 0 spiro atoms. The van der Waals surface area contributed by atoms with E-state index in [2.05, 4.69) is 0 Å². The van der Waals surface area contributed by atoms with Crippen molar-refractivity contribution in [3.8, 4) is 0 Å². The van der Waals surface area contributed by atoms with Crippen molar-refractivity contribution in [1.82, 2.24) is 4.90 Å². The van der Waals surface area contributed by atoms with Crippen LogP contribution in [0.3, 0.4) is 0 Å². The Morgan fingerprint density at radius 3 is 2.76 bits per heavy atom. The van der Waals surface area contributed by atoms with Crippen LogP contribution in [0.15, 0.2) is 24.3 Å². The minimum absolute atomic E-state index is 0.0401. The number of Topliss-reactive ketones (excluding diaryl/α,β-unsaturated/α-hetero) is 1. The predicted octanol–water partition coefficient (Wildman–Crippen LogP) is 2.19. The molecule has 3 heteroatoms. The van der Waals surface area contributed by atoms with E-state index >= 15 is 0 Å². The number of amides is 1. The number of rotatable bonds is 3. The van der Waals surface area contributed by atoms with Crippen molar-refractivity contribution < 1.29 is 9.59 Å². The van der Waals surface area contributed by atoms with Gasteiger partial charge in [-0.1, -0.05) is 24.3 Å². The molecule has 17 heavy (non-hydrogen) atoms. The lowest BCUT2D eigenvalue weighted by atomic mass is 10.0. The van der Waals surface area contributed by atoms with Crippen LogP contribution >= 0.6 is 0 Å². The second kappa shape index (κ2) is 5.13. The first-order chi connectivity index (χ1) is 8.18. The second-order valence-corrected chi connectivity index (χ2v) is 4.51. The molecule has 1 saturated heterocycles. The lowest BCUT2D eigenvalue weighted by Crippen LogP contribution is -2.39. The van der Waals surface area contributed by atoms with Gasteiger partial charge in [0.1, 0.15) is 0 Å². The van der Waals surface area contributed by atoms with E-state index in [1.807, 2.05) is 31.2 Å². The van der Waals surface area contributed by atoms with Gasteiger partial charge in [0.2, 0.25) is 5.91 Å². The van der Waals surface area contributed by atoms with Crippen LogP contribution in [0.2, 0.25) is 0 Å². The molecule has 0 atom stereocenters. The summed E-state index contributed by atoms with van der Waals surface area (Å²) in [6, 6.07) is 7.52. The van der Waals surface area contributed by atoms with Gasteiger partial charge in [-0.25, -0.2) is 0 Å². The highest BCUT2D eigenvalue weighted by molar-refractivity contribution is 6.00. The molecule has 0 aliphatic carbocycles. The molecule has 0 unspecified atom stereocenters. The van der Waals surface area contributed by atoms with Crippen molar-refractivity contribution in [2.45, 2.75) is 26.2 Å². The van der Waals surface area contributed by atoms with Crippen LogP contribution in [0.1, 0.15) is 35.2 Å². The van der Waals surface area contributed by atoms with Crippen LogP contribution in [-0.4, -0.2) is 29.7 Å². The third-order valence-electron chi connectivity index (χ3n) is 3.20. The van der Waals surface area contributed by atoms with E-state index in [1.165, 1.54) is 0 Å². The topological polar surface area (TPSA) is 37.4 Å². The molecule has 0 N–H and O–H groups in total. The fraction of sp³-hybridized carbons (Fsp3) is 0.429. The van der Waals surface area contributed by atoms with E-state index in [0.29, 0.717) is 6.42 Å². The molecule has 90 valence electrons. The predicted molar refractivity (Wildman–Crippen MR) is 65.9 cm³/mol. The Labute approximate surface area is 101 Å². The number of nitrogens with zero attached hydrogens (tertiary/aromatic N) is 1. The molecule has 1 aliphatic rings. The number of carbonyl (C=O) groups is 2. The largest absolute Gasteiger partial charge is 0.335 e. The van der Waals surface area contributed by atoms with E-state index < -0.39 is 0 Å². The minimum atomic E-state index is 0.0401. The van der Waals surface area contributed by atoms with Gasteiger partial charge < -0.3 is 4.90 Å². The molecule has 2 rings (SSSR count). The van der Waals surface area contributed by atoms with Crippen LogP contribution < -0.4 is 0 Å². The van der Waals surface area contributed by atoms with Gasteiger partial charge in [-0.2, -0.15) is 0 Å². The van der Waals surface area contributed by atoms with Gasteiger partial charge in [-0.05, 0) is 25.3 Å². The maximum atomic E-state index is 12.1. The Morgan fingerprint density at radius 1 is 1.29 bits per heavy atom. The monoisotopic (exact) mass is 231 g/mol. The molecule has 0 radical (unpaired) electrons. The normalized spacial score (nSPS) is 16.1. The molecular formula is C14H17NO2. The Morgan fingerprint density at radius 2 is 2.06 bits per heavy atom. The number of likely N-dealkylation sites (tertiary alicyclic amines) is 1. The maximum Gasteiger partial charge on any atom is 0.222 e. The Kier molecular flexibility index (Phi) is 3.57. The van der Waals surface area contributed by atoms with Crippen molar-refractivity contribution in [2.24, 2.45) is 0 Å². The molecule has 1 aromatic rings. The zero-order chi connectivity index (χ0) is 12.3. The van der Waals surface area contributed by atoms with Gasteiger partial charge in [0, 0.05) is 18.5 Å². The quantitative estimate of drug-likeness (QED) is 0.748. The average Bonchev–Trinajstić information content (AvgIpc) is 2.32. The highest BCUT2D eigenvalue weighted by Crippen LogP contribution is 2.13. The number of carbonyl (C=O) groups excluding carboxylic acids is 2. The maximum absolute atomic E-state index is 12.1. The number of benzene rings is 1. The standard InChI is InChI=1S/C14H17NO2/c1-11-6-2-3-7-12(11)13(16)10-15-9-5-4-8-14(15)17/h2-3,6-7H,4-5,8-10H2,1H3. The third-order valence-corrected chi connectivity index (χ3v) is 3.20. The first-order valence-electron chi connectivity index (χ1n) is 6.05. The average molecular weight is 231 g/mol. The SMILES string of the molecule is Cc1ccccc1C(=O)CN1CCCCC1=O. The van der Waals surface area contributed by atoms with Crippen LogP contribution in [-0.2, 0) is 4.79 Å². The number of ketones is 1. The number of piperidine rings is 1. The Hall–Kier alpha value is -1.64. The second-order valence-electron chi connectivity index (χ2n) is 4.51. The molecular weight excluding hydrogens is 214 g/mol. The summed E-state index contributed by atoms with van der Waals surface area (Å²) in [5.41, 5.74) is 1.70. The number of hydrogen-bond acceptors (Lipinski definition) is 2. The van der Waals surface area contributed by atoms with Gasteiger partial charge in [0.25, 0.3) is 0 Å². The van der Waals surface area contributed by atoms with E-state index in [0.717, 1.165) is 30.5 Å². The highest BCUT2D eigenvalue weighted by atomic mass is 16.2. The van der Waals surface area contributed by atoms with Crippen LogP contribution in [0.4, 0.5) is 0 Å². The molecule has 1 aliphatic heterocycles. The number of hydrogen-bond donors (Lipinski definition) is 0. The summed E-state index contributed by atoms with van der Waals surface area (Å²) >= 11 is 0. The lowest BCUT2D eigenvalue weighted by molar-refractivity contribution is -0.132. The lowest BCUT2D eigenvalue weighted by Gasteiger charge is -2.26. The summed E-state index contributed by atoms with van der Waals surface area (Å²) in [7, 11) is 0. The van der Waals surface area contributed by atoms with E-state index in [-0.39, 0.29) is 18.2 Å². The summed E-state index contributed by atoms with van der Waals surface area (Å²) in [6.07, 6.45) is 2.54. The van der Waals surface area contributed by atoms with Gasteiger partial charge in [-0.3, -0.25) is 9.59 Å². The summed E-state index contributed by atoms with van der Waals surface area (Å²) in [5.74, 6) is 0.150. The van der Waals surface area contributed by atoms with Crippen LogP contribution in [0.5, 0.6) is 0 Å². The molecule has 1 aromatic carbocycles. The Balaban J connectivity index is 2.06. The molecule has 1 fully saturated rings. The molecule has 3 nitrogen and oxygen atoms in total. The molecule has 0 saturated carbocycles. The molecule has 0 aromatic heterocycles. The molecule has 1 amide bonds. The first kappa shape index (κ1) is 11.8. The summed E-state index contributed by atoms with van der Waals surface area (Å²) in [6.45, 7) is 2.87. The molecule has 0 bridgehead atoms. The fourth-order valence-electron chi connectivity index (χ4n) is 2.17. The zero-order valence-electron chi connectivity index (χ0n) is 10.1. The van der Waals surface area contributed by atoms with Crippen molar-refractivity contribution in [1.29, 1.82) is 0 Å². The fourth-order valence-corrected chi connectivity index (χ4v) is 2.17. The van der Waals surface area contributed by atoms with E-state index in [4.69, 9.17) is 0 Å². The van der Waals surface area contributed by atoms with Crippen molar-refractivity contribution >= 4 is 11.7 Å². The zero-order valence-corrected chi connectivity index (χ0v) is 10.1. The minimum Gasteiger partial charge on any atom is -0.335 e. The highest BCUT2D eigenvalue weighted by Gasteiger charge is 2.21. The third kappa shape index (κ3) is 2.73. The number of aryl methyl sites for hydroxylation is 1. The van der Waals surface area contributed by atoms with Gasteiger partial charge >= 0.3 is 0 Å². The van der Waals surface area contributed by atoms with E-state index in [1.54, 1.807) is 4.90 Å². The van der Waals surface area contributed by atoms with Gasteiger partial charge in [-0.15, -0.1) is 0 Å². The van der Waals surface area contributed by atoms with Gasteiger partial charge in [0.05, 0.1) is 6.54 Å².